The quantitative estimate of drug-likeness (QED) is 0.439. The Morgan fingerprint density at radius 3 is 1.00 bits per heavy atom. The second-order valence-electron chi connectivity index (χ2n) is 0. The first kappa shape index (κ1) is 23.6. The van der Waals surface area contributed by atoms with Crippen molar-refractivity contribution in [2.45, 2.75) is 0 Å². The van der Waals surface area contributed by atoms with Crippen LogP contribution in [0.4, 0.5) is 0 Å². The third-order valence-corrected chi connectivity index (χ3v) is 0. The molecule has 0 amide bonds. The molecule has 0 N–H and O–H groups in total. The molecule has 0 saturated heterocycles. The molecule has 0 aromatic heterocycles. The molecule has 4 heavy (non-hydrogen) atoms. The van der Waals surface area contributed by atoms with Crippen LogP contribution in [0.25, 0.3) is 0 Å². The fourth-order valence-electron chi connectivity index (χ4n) is 0. The van der Waals surface area contributed by atoms with Crippen molar-refractivity contribution in [1.29, 1.82) is 0 Å². The van der Waals surface area contributed by atoms with Crippen molar-refractivity contribution in [3.63, 3.8) is 0 Å². The second kappa shape index (κ2) is 15.6. The summed E-state index contributed by atoms with van der Waals surface area (Å²) in [6.07, 6.45) is 0. The van der Waals surface area contributed by atoms with Crippen LogP contribution >= 0.6 is 0 Å². The molecule has 32 valence electrons. The van der Waals surface area contributed by atoms with Crippen LogP contribution in [0.15, 0.2) is 0 Å². The average molecular weight is 391 g/mol. The normalized spacial score (nSPS) is 0. The van der Waals surface area contributed by atoms with Crippen LogP contribution in [-0.4, -0.2) is 52.6 Å². The van der Waals surface area contributed by atoms with E-state index in [9.17, 15) is 0 Å². The van der Waals surface area contributed by atoms with Crippen molar-refractivity contribution in [3.8, 4) is 0 Å². The van der Waals surface area contributed by atoms with Gasteiger partial charge in [0.05, 0.1) is 0 Å². The van der Waals surface area contributed by atoms with E-state index in [2.05, 4.69) is 0 Å². The van der Waals surface area contributed by atoms with Gasteiger partial charge in [0.2, 0.25) is 0 Å². The number of rotatable bonds is 0. The SMILES string of the molecule is [Er].[MgH2].[NaH].[Yb]. The summed E-state index contributed by atoms with van der Waals surface area (Å²) in [5.41, 5.74) is 0. The third kappa shape index (κ3) is 9.73. The van der Waals surface area contributed by atoms with Gasteiger partial charge in [-0.2, -0.15) is 0 Å². The Bertz CT molecular complexity index is 8.00. The topological polar surface area (TPSA) is 0 Å². The van der Waals surface area contributed by atoms with Gasteiger partial charge in [-0.25, -0.2) is 0 Å². The third-order valence-electron chi connectivity index (χ3n) is 0. The van der Waals surface area contributed by atoms with E-state index in [4.69, 9.17) is 0 Å². The molecule has 0 spiro atoms. The van der Waals surface area contributed by atoms with Crippen molar-refractivity contribution in [1.82, 2.24) is 0 Å². The molecule has 0 atom stereocenters. The van der Waals surface area contributed by atoms with E-state index in [0.717, 1.165) is 0 Å². The van der Waals surface area contributed by atoms with Crippen molar-refractivity contribution >= 4 is 52.6 Å². The molecule has 4 heteroatoms. The summed E-state index contributed by atoms with van der Waals surface area (Å²) in [5.74, 6) is 0. The Labute approximate surface area is 133 Å². The molecule has 0 aliphatic carbocycles. The zero-order valence-electron chi connectivity index (χ0n) is 0.556. The number of hydrogen-bond acceptors (Lipinski definition) is 0. The molecule has 0 fully saturated rings. The first-order valence-electron chi connectivity index (χ1n) is 0. The smallest absolute Gasteiger partial charge is 0 e. The van der Waals surface area contributed by atoms with E-state index in [1.807, 2.05) is 0 Å². The molecule has 0 aliphatic heterocycles. The zero-order valence-corrected chi connectivity index (χ0v) is 4.12. The molecular formula is H3ErMgNaYb. The predicted molar refractivity (Wildman–Crippen MR) is 15.7 cm³/mol. The van der Waals surface area contributed by atoms with Gasteiger partial charge in [0.25, 0.3) is 0 Å². The summed E-state index contributed by atoms with van der Waals surface area (Å²) < 4.78 is 0. The van der Waals surface area contributed by atoms with Gasteiger partial charge in [-0.1, -0.05) is 0 Å². The first-order valence-corrected chi connectivity index (χ1v) is 0. The molecule has 0 aromatic rings. The van der Waals surface area contributed by atoms with Gasteiger partial charge in [0.1, 0.15) is 0 Å². The standard InChI is InChI=1S/Er.Mg.Na.Yb.3H. The summed E-state index contributed by atoms with van der Waals surface area (Å²) in [6.45, 7) is 0. The van der Waals surface area contributed by atoms with Crippen molar-refractivity contribution < 1.29 is 84.2 Å². The summed E-state index contributed by atoms with van der Waals surface area (Å²) >= 11 is 0. The van der Waals surface area contributed by atoms with Gasteiger partial charge in [0.15, 0.2) is 0 Å². The molecule has 0 nitrogen and oxygen atoms in total. The monoisotopic (exact) mass is 390 g/mol. The maximum absolute atomic E-state index is 0. The van der Waals surface area contributed by atoms with Crippen LogP contribution < -0.4 is 0 Å². The number of hydrogen-bond donors (Lipinski definition) is 0. The van der Waals surface area contributed by atoms with Gasteiger partial charge >= 0.3 is 52.6 Å². The van der Waals surface area contributed by atoms with Crippen LogP contribution in [0, 0.1) is 84.2 Å². The molecule has 0 aromatic carbocycles. The first-order chi connectivity index (χ1) is 0. The van der Waals surface area contributed by atoms with E-state index < -0.39 is 0 Å². The molecule has 0 rings (SSSR count). The van der Waals surface area contributed by atoms with E-state index >= 15 is 0 Å². The van der Waals surface area contributed by atoms with Crippen molar-refractivity contribution in [2.24, 2.45) is 0 Å². The minimum Gasteiger partial charge on any atom is 0 e. The van der Waals surface area contributed by atoms with E-state index in [1.54, 1.807) is 0 Å². The molecule has 0 heterocycles. The molecule has 0 radical (unpaired) electrons. The van der Waals surface area contributed by atoms with Crippen LogP contribution in [0.3, 0.4) is 0 Å². The Kier molecular flexibility index (Phi) is 92.2. The van der Waals surface area contributed by atoms with Crippen LogP contribution in [0.5, 0.6) is 0 Å². The van der Waals surface area contributed by atoms with Gasteiger partial charge in [-0.15, -0.1) is 0 Å². The Hall–Kier alpha value is 4.53. The fraction of sp³-hybridized carbons (Fsp3) is 0. The second-order valence-corrected chi connectivity index (χ2v) is 0. The van der Waals surface area contributed by atoms with E-state index in [0.29, 0.717) is 0 Å². The van der Waals surface area contributed by atoms with Crippen molar-refractivity contribution in [2.75, 3.05) is 0 Å². The van der Waals surface area contributed by atoms with E-state index in [-0.39, 0.29) is 137 Å². The van der Waals surface area contributed by atoms with Gasteiger partial charge in [-0.3, -0.25) is 0 Å². The maximum Gasteiger partial charge on any atom is 0 e. The summed E-state index contributed by atoms with van der Waals surface area (Å²) in [6, 6.07) is 0. The summed E-state index contributed by atoms with van der Waals surface area (Å²) in [5, 5.41) is 0. The maximum atomic E-state index is 0. The Morgan fingerprint density at radius 1 is 1.00 bits per heavy atom. The predicted octanol–water partition coefficient (Wildman–Crippen LogP) is -1.56. The van der Waals surface area contributed by atoms with Crippen LogP contribution in [0.2, 0.25) is 0 Å². The summed E-state index contributed by atoms with van der Waals surface area (Å²) in [7, 11) is 0. The average Bonchev–Trinajstić information content (AvgIpc) is 0. The molecule has 0 aliphatic rings. The zero-order chi connectivity index (χ0) is 0. The Balaban J connectivity index is 0. The minimum absolute atomic E-state index is 0. The largest absolute Gasteiger partial charge is 0 e. The van der Waals surface area contributed by atoms with Gasteiger partial charge < -0.3 is 0 Å². The Morgan fingerprint density at radius 2 is 1.00 bits per heavy atom. The van der Waals surface area contributed by atoms with E-state index in [1.165, 1.54) is 0 Å². The van der Waals surface area contributed by atoms with Crippen LogP contribution in [-0.2, 0) is 0 Å². The minimum atomic E-state index is 0. The van der Waals surface area contributed by atoms with Crippen molar-refractivity contribution in [3.05, 3.63) is 0 Å². The van der Waals surface area contributed by atoms with Gasteiger partial charge in [0, 0.05) is 84.2 Å². The fourth-order valence-corrected chi connectivity index (χ4v) is 0. The molecule has 0 unspecified atom stereocenters. The molecule has 0 saturated carbocycles. The molecular weight excluding hydrogens is 388 g/mol. The molecule has 0 bridgehead atoms. The summed E-state index contributed by atoms with van der Waals surface area (Å²) in [4.78, 5) is 0. The van der Waals surface area contributed by atoms with Gasteiger partial charge in [-0.05, 0) is 0 Å². The van der Waals surface area contributed by atoms with Crippen LogP contribution in [0.1, 0.15) is 0 Å².